The summed E-state index contributed by atoms with van der Waals surface area (Å²) in [4.78, 5) is 34.4. The molecule has 2 rings (SSSR count). The van der Waals surface area contributed by atoms with Crippen molar-refractivity contribution in [3.63, 3.8) is 0 Å². The highest BCUT2D eigenvalue weighted by Crippen LogP contribution is 2.29. The molecule has 1 atom stereocenters. The molecule has 0 aliphatic heterocycles. The lowest BCUT2D eigenvalue weighted by Crippen LogP contribution is -2.30. The number of anilines is 1. The highest BCUT2D eigenvalue weighted by atomic mass is 16.6. The average Bonchev–Trinajstić information content (AvgIpc) is 2.68. The molecule has 0 aliphatic carbocycles. The lowest BCUT2D eigenvalue weighted by atomic mass is 10.2. The second kappa shape index (κ2) is 10.1. The average molecular weight is 402 g/mol. The van der Waals surface area contributed by atoms with E-state index in [9.17, 15) is 19.7 Å². The quantitative estimate of drug-likeness (QED) is 0.389. The Morgan fingerprint density at radius 3 is 2.62 bits per heavy atom. The number of amides is 1. The van der Waals surface area contributed by atoms with Crippen molar-refractivity contribution in [1.29, 1.82) is 0 Å². The van der Waals surface area contributed by atoms with Crippen LogP contribution in [0, 0.1) is 17.0 Å². The standard InChI is InChI=1S/C20H22N2O7/c1-13-5-4-6-16(11-13)28-10-9-19(23)29-14(2)20(24)21-17-8-7-15(22(25)26)12-18(17)27-3/h4-8,11-12,14H,9-10H2,1-3H3,(H,21,24)/t14-/m1/s1. The zero-order valence-electron chi connectivity index (χ0n) is 16.3. The maximum absolute atomic E-state index is 12.3. The predicted molar refractivity (Wildman–Crippen MR) is 105 cm³/mol. The highest BCUT2D eigenvalue weighted by molar-refractivity contribution is 5.96. The van der Waals surface area contributed by atoms with Crippen LogP contribution in [0.5, 0.6) is 11.5 Å². The van der Waals surface area contributed by atoms with Crippen LogP contribution in [0.2, 0.25) is 0 Å². The number of carbonyl (C=O) groups excluding carboxylic acids is 2. The number of nitro benzene ring substituents is 1. The monoisotopic (exact) mass is 402 g/mol. The van der Waals surface area contributed by atoms with Crippen LogP contribution in [0.3, 0.4) is 0 Å². The molecular formula is C20H22N2O7. The second-order valence-corrected chi connectivity index (χ2v) is 6.18. The van der Waals surface area contributed by atoms with Gasteiger partial charge in [-0.1, -0.05) is 12.1 Å². The van der Waals surface area contributed by atoms with Gasteiger partial charge in [-0.3, -0.25) is 19.7 Å². The Kier molecular flexibility index (Phi) is 7.53. The summed E-state index contributed by atoms with van der Waals surface area (Å²) in [6.07, 6.45) is -1.09. The molecule has 0 saturated carbocycles. The Bertz CT molecular complexity index is 898. The van der Waals surface area contributed by atoms with Gasteiger partial charge in [0.1, 0.15) is 11.5 Å². The van der Waals surface area contributed by atoms with Gasteiger partial charge in [-0.15, -0.1) is 0 Å². The van der Waals surface area contributed by atoms with Gasteiger partial charge in [0.25, 0.3) is 11.6 Å². The van der Waals surface area contributed by atoms with Crippen molar-refractivity contribution in [1.82, 2.24) is 0 Å². The number of benzene rings is 2. The molecule has 0 saturated heterocycles. The summed E-state index contributed by atoms with van der Waals surface area (Å²) >= 11 is 0. The minimum Gasteiger partial charge on any atom is -0.494 e. The topological polar surface area (TPSA) is 117 Å². The number of nitrogens with zero attached hydrogens (tertiary/aromatic N) is 1. The van der Waals surface area contributed by atoms with E-state index in [4.69, 9.17) is 14.2 Å². The van der Waals surface area contributed by atoms with E-state index >= 15 is 0 Å². The number of hydrogen-bond acceptors (Lipinski definition) is 7. The fourth-order valence-corrected chi connectivity index (χ4v) is 2.40. The number of methoxy groups -OCH3 is 1. The molecule has 154 valence electrons. The molecule has 0 radical (unpaired) electrons. The van der Waals surface area contributed by atoms with Gasteiger partial charge in [0.05, 0.1) is 36.8 Å². The van der Waals surface area contributed by atoms with Crippen LogP contribution in [-0.2, 0) is 14.3 Å². The second-order valence-electron chi connectivity index (χ2n) is 6.18. The van der Waals surface area contributed by atoms with Crippen molar-refractivity contribution in [3.05, 3.63) is 58.1 Å². The fourth-order valence-electron chi connectivity index (χ4n) is 2.40. The van der Waals surface area contributed by atoms with Gasteiger partial charge in [0.2, 0.25) is 0 Å². The number of esters is 1. The summed E-state index contributed by atoms with van der Waals surface area (Å²) in [6, 6.07) is 11.2. The Morgan fingerprint density at radius 1 is 1.21 bits per heavy atom. The molecule has 1 amide bonds. The number of ether oxygens (including phenoxy) is 3. The predicted octanol–water partition coefficient (Wildman–Crippen LogP) is 3.25. The Balaban J connectivity index is 1.85. The summed E-state index contributed by atoms with van der Waals surface area (Å²) in [5.74, 6) is -0.410. The summed E-state index contributed by atoms with van der Waals surface area (Å²) in [7, 11) is 1.33. The largest absolute Gasteiger partial charge is 0.494 e. The number of nitro groups is 1. The van der Waals surface area contributed by atoms with Gasteiger partial charge >= 0.3 is 5.97 Å². The van der Waals surface area contributed by atoms with Gasteiger partial charge in [-0.2, -0.15) is 0 Å². The maximum atomic E-state index is 12.3. The van der Waals surface area contributed by atoms with E-state index in [-0.39, 0.29) is 30.2 Å². The van der Waals surface area contributed by atoms with E-state index in [0.29, 0.717) is 5.75 Å². The highest BCUT2D eigenvalue weighted by Gasteiger charge is 2.20. The lowest BCUT2D eigenvalue weighted by Gasteiger charge is -2.15. The summed E-state index contributed by atoms with van der Waals surface area (Å²) in [6.45, 7) is 3.47. The normalized spacial score (nSPS) is 11.3. The lowest BCUT2D eigenvalue weighted by molar-refractivity contribution is -0.384. The van der Waals surface area contributed by atoms with Crippen molar-refractivity contribution < 1.29 is 28.7 Å². The third-order valence-corrected chi connectivity index (χ3v) is 3.90. The van der Waals surface area contributed by atoms with E-state index in [1.54, 1.807) is 6.07 Å². The van der Waals surface area contributed by atoms with Gasteiger partial charge < -0.3 is 19.5 Å². The van der Waals surface area contributed by atoms with Crippen molar-refractivity contribution in [2.24, 2.45) is 0 Å². The van der Waals surface area contributed by atoms with Crippen LogP contribution in [0.25, 0.3) is 0 Å². The Labute approximate surface area is 167 Å². The van der Waals surface area contributed by atoms with E-state index < -0.39 is 22.9 Å². The molecule has 0 aromatic heterocycles. The van der Waals surface area contributed by atoms with Crippen LogP contribution >= 0.6 is 0 Å². The molecule has 2 aromatic rings. The molecule has 0 heterocycles. The summed E-state index contributed by atoms with van der Waals surface area (Å²) in [5, 5.41) is 13.3. The van der Waals surface area contributed by atoms with Crippen LogP contribution in [0.1, 0.15) is 18.9 Å². The maximum Gasteiger partial charge on any atom is 0.310 e. The minimum absolute atomic E-state index is 0.0214. The number of non-ortho nitro benzene ring substituents is 1. The SMILES string of the molecule is COc1cc([N+](=O)[O-])ccc1NC(=O)[C@@H](C)OC(=O)CCOc1cccc(C)c1. The van der Waals surface area contributed by atoms with Crippen molar-refractivity contribution >= 4 is 23.3 Å². The van der Waals surface area contributed by atoms with Gasteiger partial charge in [-0.25, -0.2) is 0 Å². The molecule has 9 heteroatoms. The Hall–Kier alpha value is -3.62. The molecule has 0 fully saturated rings. The minimum atomic E-state index is -1.07. The molecule has 0 bridgehead atoms. The van der Waals surface area contributed by atoms with Crippen molar-refractivity contribution in [2.45, 2.75) is 26.4 Å². The molecule has 29 heavy (non-hydrogen) atoms. The molecule has 2 aromatic carbocycles. The molecule has 0 unspecified atom stereocenters. The van der Waals surface area contributed by atoms with E-state index in [0.717, 1.165) is 5.56 Å². The molecule has 0 aliphatic rings. The number of hydrogen-bond donors (Lipinski definition) is 1. The van der Waals surface area contributed by atoms with E-state index in [1.807, 2.05) is 25.1 Å². The van der Waals surface area contributed by atoms with Gasteiger partial charge in [0.15, 0.2) is 6.10 Å². The molecule has 0 spiro atoms. The number of nitrogens with one attached hydrogen (secondary N) is 1. The third kappa shape index (κ3) is 6.49. The van der Waals surface area contributed by atoms with Crippen molar-refractivity contribution in [3.8, 4) is 11.5 Å². The van der Waals surface area contributed by atoms with Crippen molar-refractivity contribution in [2.75, 3.05) is 19.0 Å². The van der Waals surface area contributed by atoms with Crippen LogP contribution in [-0.4, -0.2) is 36.6 Å². The first-order valence-electron chi connectivity index (χ1n) is 8.82. The zero-order chi connectivity index (χ0) is 21.4. The molecule has 9 nitrogen and oxygen atoms in total. The summed E-state index contributed by atoms with van der Waals surface area (Å²) < 4.78 is 15.6. The molecular weight excluding hydrogens is 380 g/mol. The number of carbonyl (C=O) groups is 2. The first-order valence-corrected chi connectivity index (χ1v) is 8.82. The summed E-state index contributed by atoms with van der Waals surface area (Å²) in [5.41, 5.74) is 1.10. The fraction of sp³-hybridized carbons (Fsp3) is 0.300. The van der Waals surface area contributed by atoms with Crippen LogP contribution in [0.4, 0.5) is 11.4 Å². The first-order chi connectivity index (χ1) is 13.8. The first kappa shape index (κ1) is 21.7. The van der Waals surface area contributed by atoms with E-state index in [2.05, 4.69) is 5.32 Å². The molecule has 1 N–H and O–H groups in total. The third-order valence-electron chi connectivity index (χ3n) is 3.90. The van der Waals surface area contributed by atoms with Crippen LogP contribution in [0.15, 0.2) is 42.5 Å². The van der Waals surface area contributed by atoms with Gasteiger partial charge in [-0.05, 0) is 37.6 Å². The van der Waals surface area contributed by atoms with E-state index in [1.165, 1.54) is 32.2 Å². The number of rotatable bonds is 9. The Morgan fingerprint density at radius 2 is 1.97 bits per heavy atom. The van der Waals surface area contributed by atoms with Gasteiger partial charge in [0, 0.05) is 6.07 Å². The zero-order valence-corrected chi connectivity index (χ0v) is 16.3. The smallest absolute Gasteiger partial charge is 0.310 e. The van der Waals surface area contributed by atoms with Crippen LogP contribution < -0.4 is 14.8 Å². The number of aryl methyl sites for hydroxylation is 1.